The van der Waals surface area contributed by atoms with E-state index in [0.29, 0.717) is 48.2 Å². The molecular formula is C22H24ClN3O4S2. The summed E-state index contributed by atoms with van der Waals surface area (Å²) in [5.41, 5.74) is 1.14. The molecule has 170 valence electrons. The van der Waals surface area contributed by atoms with Crippen LogP contribution in [0.3, 0.4) is 0 Å². The first-order valence-corrected chi connectivity index (χ1v) is 13.1. The molecule has 7 nitrogen and oxygen atoms in total. The molecule has 1 fully saturated rings. The van der Waals surface area contributed by atoms with Crippen molar-refractivity contribution < 1.29 is 17.9 Å². The van der Waals surface area contributed by atoms with E-state index in [4.69, 9.17) is 16.3 Å². The molecule has 1 saturated heterocycles. The second kappa shape index (κ2) is 9.84. The molecule has 32 heavy (non-hydrogen) atoms. The molecule has 0 radical (unpaired) electrons. The quantitative estimate of drug-likeness (QED) is 0.467. The van der Waals surface area contributed by atoms with Crippen LogP contribution in [-0.2, 0) is 21.3 Å². The molecule has 0 saturated carbocycles. The molecule has 1 aliphatic heterocycles. The summed E-state index contributed by atoms with van der Waals surface area (Å²) in [6.07, 6.45) is 1.74. The van der Waals surface area contributed by atoms with E-state index in [1.807, 2.05) is 23.6 Å². The number of aromatic nitrogens is 1. The lowest BCUT2D eigenvalue weighted by molar-refractivity contribution is 0.0996. The highest BCUT2D eigenvalue weighted by Gasteiger charge is 2.27. The molecule has 0 unspecified atom stereocenters. The van der Waals surface area contributed by atoms with Gasteiger partial charge in [0.2, 0.25) is 10.0 Å². The molecule has 4 rings (SSSR count). The Morgan fingerprint density at radius 1 is 1.16 bits per heavy atom. The van der Waals surface area contributed by atoms with Gasteiger partial charge in [0.25, 0.3) is 5.91 Å². The standard InChI is InChI=1S/C22H24ClN3O4S2/c1-2-30-15-14-26-20-18(23)6-5-7-19(20)31-22(26)24-21(27)16-8-10-17(11-9-16)32(28,29)25-12-3-4-13-25/h5-11H,2-4,12-15H2,1H3. The first-order chi connectivity index (χ1) is 15.4. The van der Waals surface area contributed by atoms with Gasteiger partial charge in [-0.1, -0.05) is 29.0 Å². The number of carbonyl (C=O) groups is 1. The van der Waals surface area contributed by atoms with Crippen LogP contribution in [0.1, 0.15) is 30.1 Å². The number of para-hydroxylation sites is 1. The van der Waals surface area contributed by atoms with Crippen molar-refractivity contribution in [3.8, 4) is 0 Å². The zero-order valence-electron chi connectivity index (χ0n) is 17.7. The van der Waals surface area contributed by atoms with Crippen LogP contribution >= 0.6 is 22.9 Å². The maximum absolute atomic E-state index is 12.9. The van der Waals surface area contributed by atoms with Gasteiger partial charge in [0.1, 0.15) is 0 Å². The molecule has 2 aromatic carbocycles. The van der Waals surface area contributed by atoms with Crippen LogP contribution in [0.4, 0.5) is 0 Å². The van der Waals surface area contributed by atoms with Crippen molar-refractivity contribution in [2.45, 2.75) is 31.2 Å². The Labute approximate surface area is 196 Å². The van der Waals surface area contributed by atoms with Crippen molar-refractivity contribution in [3.05, 3.63) is 57.9 Å². The Morgan fingerprint density at radius 2 is 1.88 bits per heavy atom. The second-order valence-electron chi connectivity index (χ2n) is 7.37. The lowest BCUT2D eigenvalue weighted by atomic mass is 10.2. The molecular weight excluding hydrogens is 470 g/mol. The number of amides is 1. The van der Waals surface area contributed by atoms with Crippen LogP contribution in [0.5, 0.6) is 0 Å². The Hall–Kier alpha value is -2.04. The highest BCUT2D eigenvalue weighted by atomic mass is 35.5. The molecule has 0 N–H and O–H groups in total. The highest BCUT2D eigenvalue weighted by Crippen LogP contribution is 2.25. The van der Waals surface area contributed by atoms with Crippen molar-refractivity contribution in [3.63, 3.8) is 0 Å². The number of rotatable bonds is 7. The average molecular weight is 494 g/mol. The number of hydrogen-bond donors (Lipinski definition) is 0. The molecule has 0 atom stereocenters. The Morgan fingerprint density at radius 3 is 2.56 bits per heavy atom. The molecule has 10 heteroatoms. The van der Waals surface area contributed by atoms with E-state index in [1.165, 1.54) is 39.9 Å². The summed E-state index contributed by atoms with van der Waals surface area (Å²) in [6, 6.07) is 11.6. The van der Waals surface area contributed by atoms with Crippen molar-refractivity contribution in [2.24, 2.45) is 4.99 Å². The van der Waals surface area contributed by atoms with Crippen molar-refractivity contribution in [1.82, 2.24) is 8.87 Å². The topological polar surface area (TPSA) is 81.0 Å². The Bertz CT molecular complexity index is 1290. The van der Waals surface area contributed by atoms with Gasteiger partial charge in [0.15, 0.2) is 4.80 Å². The summed E-state index contributed by atoms with van der Waals surface area (Å²) in [5.74, 6) is -0.442. The second-order valence-corrected chi connectivity index (χ2v) is 10.7. The van der Waals surface area contributed by atoms with E-state index >= 15 is 0 Å². The monoisotopic (exact) mass is 493 g/mol. The summed E-state index contributed by atoms with van der Waals surface area (Å²) in [6.45, 7) is 4.57. The van der Waals surface area contributed by atoms with Gasteiger partial charge in [-0.2, -0.15) is 9.30 Å². The number of ether oxygens (including phenoxy) is 1. The summed E-state index contributed by atoms with van der Waals surface area (Å²) in [4.78, 5) is 17.9. The number of halogens is 1. The van der Waals surface area contributed by atoms with Crippen LogP contribution in [-0.4, -0.2) is 49.5 Å². The third-order valence-corrected chi connectivity index (χ3v) is 8.58. The zero-order chi connectivity index (χ0) is 22.7. The first kappa shape index (κ1) is 23.1. The van der Waals surface area contributed by atoms with Gasteiger partial charge in [0.05, 0.1) is 26.7 Å². The SMILES string of the molecule is CCOCCn1c(=NC(=O)c2ccc(S(=O)(=O)N3CCCC3)cc2)sc2cccc(Cl)c21. The molecule has 1 aromatic heterocycles. The smallest absolute Gasteiger partial charge is 0.279 e. The van der Waals surface area contributed by atoms with Gasteiger partial charge in [0, 0.05) is 31.8 Å². The highest BCUT2D eigenvalue weighted by molar-refractivity contribution is 7.89. The fraction of sp³-hybridized carbons (Fsp3) is 0.364. The molecule has 3 aromatic rings. The molecule has 2 heterocycles. The minimum atomic E-state index is -3.52. The lowest BCUT2D eigenvalue weighted by Crippen LogP contribution is -2.27. The van der Waals surface area contributed by atoms with Crippen molar-refractivity contribution in [1.29, 1.82) is 0 Å². The average Bonchev–Trinajstić information content (AvgIpc) is 3.44. The first-order valence-electron chi connectivity index (χ1n) is 10.5. The van der Waals surface area contributed by atoms with E-state index in [0.717, 1.165) is 23.1 Å². The summed E-state index contributed by atoms with van der Waals surface area (Å²) >= 11 is 7.79. The third-order valence-electron chi connectivity index (χ3n) is 5.32. The fourth-order valence-electron chi connectivity index (χ4n) is 3.68. The van der Waals surface area contributed by atoms with E-state index in [-0.39, 0.29) is 4.90 Å². The largest absolute Gasteiger partial charge is 0.380 e. The predicted molar refractivity (Wildman–Crippen MR) is 126 cm³/mol. The summed E-state index contributed by atoms with van der Waals surface area (Å²) in [7, 11) is -3.52. The van der Waals surface area contributed by atoms with Crippen LogP contribution in [0.2, 0.25) is 5.02 Å². The molecule has 1 amide bonds. The van der Waals surface area contributed by atoms with Crippen molar-refractivity contribution in [2.75, 3.05) is 26.3 Å². The molecule has 0 spiro atoms. The van der Waals surface area contributed by atoms with E-state index in [2.05, 4.69) is 4.99 Å². The van der Waals surface area contributed by atoms with Crippen LogP contribution in [0.25, 0.3) is 10.2 Å². The van der Waals surface area contributed by atoms with Crippen LogP contribution < -0.4 is 4.80 Å². The minimum Gasteiger partial charge on any atom is -0.380 e. The number of nitrogens with zero attached hydrogens (tertiary/aromatic N) is 3. The Balaban J connectivity index is 1.66. The van der Waals surface area contributed by atoms with Gasteiger partial charge in [-0.05, 0) is 56.2 Å². The fourth-order valence-corrected chi connectivity index (χ4v) is 6.61. The van der Waals surface area contributed by atoms with Crippen LogP contribution in [0.15, 0.2) is 52.4 Å². The predicted octanol–water partition coefficient (Wildman–Crippen LogP) is 3.92. The van der Waals surface area contributed by atoms with Crippen molar-refractivity contribution >= 4 is 49.1 Å². The van der Waals surface area contributed by atoms with Gasteiger partial charge < -0.3 is 9.30 Å². The van der Waals surface area contributed by atoms with Gasteiger partial charge in [-0.25, -0.2) is 8.42 Å². The van der Waals surface area contributed by atoms with Crippen LogP contribution in [0, 0.1) is 0 Å². The van der Waals surface area contributed by atoms with E-state index < -0.39 is 15.9 Å². The number of thiazole rings is 1. The van der Waals surface area contributed by atoms with Gasteiger partial charge in [-0.15, -0.1) is 0 Å². The maximum Gasteiger partial charge on any atom is 0.279 e. The molecule has 0 bridgehead atoms. The molecule has 1 aliphatic rings. The normalized spacial score (nSPS) is 15.6. The number of benzene rings is 2. The summed E-state index contributed by atoms with van der Waals surface area (Å²) in [5, 5.41) is 0.584. The number of fused-ring (bicyclic) bond motifs is 1. The maximum atomic E-state index is 12.9. The van der Waals surface area contributed by atoms with E-state index in [9.17, 15) is 13.2 Å². The van der Waals surface area contributed by atoms with Gasteiger partial charge in [-0.3, -0.25) is 4.79 Å². The molecule has 0 aliphatic carbocycles. The minimum absolute atomic E-state index is 0.191. The summed E-state index contributed by atoms with van der Waals surface area (Å²) < 4.78 is 35.2. The third kappa shape index (κ3) is 4.67. The zero-order valence-corrected chi connectivity index (χ0v) is 20.0. The van der Waals surface area contributed by atoms with Gasteiger partial charge >= 0.3 is 0 Å². The number of hydrogen-bond acceptors (Lipinski definition) is 5. The Kier molecular flexibility index (Phi) is 7.11. The number of carbonyl (C=O) groups excluding carboxylic acids is 1. The lowest BCUT2D eigenvalue weighted by Gasteiger charge is -2.15. The van der Waals surface area contributed by atoms with E-state index in [1.54, 1.807) is 6.07 Å². The number of sulfonamides is 1.